The molecule has 0 spiro atoms. The van der Waals surface area contributed by atoms with Crippen LogP contribution < -0.4 is 11.5 Å². The molecule has 0 bridgehead atoms. The second-order valence-corrected chi connectivity index (χ2v) is 5.53. The first-order valence-electron chi connectivity index (χ1n) is 6.18. The Kier molecular flexibility index (Phi) is 4.38. The van der Waals surface area contributed by atoms with Crippen LogP contribution in [0.3, 0.4) is 0 Å². The highest BCUT2D eigenvalue weighted by Gasteiger charge is 2.16. The summed E-state index contributed by atoms with van der Waals surface area (Å²) in [5.74, 6) is 0.498. The Morgan fingerprint density at radius 3 is 2.06 bits per heavy atom. The average Bonchev–Trinajstić information content (AvgIpc) is 2.20. The largest absolute Gasteiger partial charge is 0.398 e. The van der Waals surface area contributed by atoms with E-state index in [1.165, 1.54) is 0 Å². The maximum absolute atomic E-state index is 13.9. The molecule has 1 aromatic rings. The van der Waals surface area contributed by atoms with Crippen molar-refractivity contribution in [3.8, 4) is 0 Å². The van der Waals surface area contributed by atoms with E-state index in [2.05, 4.69) is 13.8 Å². The Hall–Kier alpha value is -1.25. The van der Waals surface area contributed by atoms with Gasteiger partial charge in [-0.05, 0) is 36.3 Å². The smallest absolute Gasteiger partial charge is 0.151 e. The summed E-state index contributed by atoms with van der Waals surface area (Å²) in [6, 6.07) is 1.68. The Bertz CT molecular complexity index is 398. The molecule has 0 atom stereocenters. The first-order chi connectivity index (χ1) is 7.82. The summed E-state index contributed by atoms with van der Waals surface area (Å²) in [4.78, 5) is 0. The van der Waals surface area contributed by atoms with Gasteiger partial charge in [-0.15, -0.1) is 0 Å². The molecule has 0 aliphatic heterocycles. The topological polar surface area (TPSA) is 52.0 Å². The molecule has 2 nitrogen and oxygen atoms in total. The summed E-state index contributed by atoms with van der Waals surface area (Å²) in [5.41, 5.74) is 14.1. The van der Waals surface area contributed by atoms with Crippen LogP contribution in [0.2, 0.25) is 0 Å². The highest BCUT2D eigenvalue weighted by Crippen LogP contribution is 2.29. The lowest BCUT2D eigenvalue weighted by molar-refractivity contribution is 0.576. The summed E-state index contributed by atoms with van der Waals surface area (Å²) in [6.07, 6.45) is 1.47. The molecule has 17 heavy (non-hydrogen) atoms. The van der Waals surface area contributed by atoms with Crippen molar-refractivity contribution >= 4 is 11.4 Å². The van der Waals surface area contributed by atoms with E-state index in [1.54, 1.807) is 6.07 Å². The third kappa shape index (κ3) is 3.35. The van der Waals surface area contributed by atoms with Crippen molar-refractivity contribution in [3.05, 3.63) is 23.0 Å². The number of rotatable bonds is 4. The molecule has 0 aliphatic rings. The molecule has 0 aliphatic carbocycles. The first kappa shape index (κ1) is 13.8. The van der Waals surface area contributed by atoms with Crippen molar-refractivity contribution in [1.29, 1.82) is 0 Å². The minimum Gasteiger partial charge on any atom is -0.398 e. The molecular formula is C14H23FN2. The Morgan fingerprint density at radius 1 is 1.06 bits per heavy atom. The monoisotopic (exact) mass is 238 g/mol. The molecule has 0 fully saturated rings. The van der Waals surface area contributed by atoms with Crippen LogP contribution in [0.4, 0.5) is 15.8 Å². The van der Waals surface area contributed by atoms with Crippen LogP contribution >= 0.6 is 0 Å². The number of hydrogen-bond donors (Lipinski definition) is 2. The molecule has 0 saturated carbocycles. The fourth-order valence-corrected chi connectivity index (χ4v) is 2.03. The minimum absolute atomic E-state index is 0.213. The molecule has 1 rings (SSSR count). The van der Waals surface area contributed by atoms with Crippen molar-refractivity contribution < 1.29 is 4.39 Å². The molecule has 0 radical (unpaired) electrons. The lowest BCUT2D eigenvalue weighted by atomic mass is 9.93. The fourth-order valence-electron chi connectivity index (χ4n) is 2.03. The van der Waals surface area contributed by atoms with E-state index in [-0.39, 0.29) is 11.5 Å². The van der Waals surface area contributed by atoms with Gasteiger partial charge in [0.1, 0.15) is 0 Å². The van der Waals surface area contributed by atoms with Gasteiger partial charge >= 0.3 is 0 Å². The molecule has 1 aromatic carbocycles. The van der Waals surface area contributed by atoms with Gasteiger partial charge in [-0.3, -0.25) is 0 Å². The summed E-state index contributed by atoms with van der Waals surface area (Å²) >= 11 is 0. The molecule has 0 aromatic heterocycles. The Morgan fingerprint density at radius 2 is 1.59 bits per heavy atom. The second-order valence-electron chi connectivity index (χ2n) is 5.53. The zero-order valence-electron chi connectivity index (χ0n) is 11.2. The van der Waals surface area contributed by atoms with Gasteiger partial charge in [0.25, 0.3) is 0 Å². The van der Waals surface area contributed by atoms with Crippen LogP contribution in [0.25, 0.3) is 0 Å². The zero-order chi connectivity index (χ0) is 13.2. The average molecular weight is 238 g/mol. The summed E-state index contributed by atoms with van der Waals surface area (Å²) in [5, 5.41) is 0. The maximum Gasteiger partial charge on any atom is 0.151 e. The molecule has 3 heteroatoms. The Labute approximate surface area is 103 Å². The lowest BCUT2D eigenvalue weighted by Gasteiger charge is -2.16. The number of nitrogen functional groups attached to an aromatic ring is 2. The molecule has 4 N–H and O–H groups in total. The van der Waals surface area contributed by atoms with Crippen molar-refractivity contribution in [2.45, 2.75) is 40.5 Å². The van der Waals surface area contributed by atoms with E-state index in [9.17, 15) is 4.39 Å². The van der Waals surface area contributed by atoms with Gasteiger partial charge in [0.05, 0.1) is 5.69 Å². The SMILES string of the molecule is CC(C)Cc1cc(N)c(F)c(CC(C)C)c1N. The van der Waals surface area contributed by atoms with Crippen molar-refractivity contribution in [1.82, 2.24) is 0 Å². The van der Waals surface area contributed by atoms with Gasteiger partial charge in [0, 0.05) is 11.3 Å². The van der Waals surface area contributed by atoms with Gasteiger partial charge in [0.2, 0.25) is 0 Å². The highest BCUT2D eigenvalue weighted by molar-refractivity contribution is 5.62. The minimum atomic E-state index is -0.344. The summed E-state index contributed by atoms with van der Waals surface area (Å²) in [7, 11) is 0. The highest BCUT2D eigenvalue weighted by atomic mass is 19.1. The van der Waals surface area contributed by atoms with Crippen LogP contribution in [-0.4, -0.2) is 0 Å². The quantitative estimate of drug-likeness (QED) is 0.790. The molecular weight excluding hydrogens is 215 g/mol. The fraction of sp³-hybridized carbons (Fsp3) is 0.571. The predicted molar refractivity (Wildman–Crippen MR) is 72.3 cm³/mol. The van der Waals surface area contributed by atoms with Crippen LogP contribution in [0.5, 0.6) is 0 Å². The summed E-state index contributed by atoms with van der Waals surface area (Å²) < 4.78 is 13.9. The second kappa shape index (κ2) is 5.39. The van der Waals surface area contributed by atoms with Crippen molar-refractivity contribution in [3.63, 3.8) is 0 Å². The predicted octanol–water partition coefficient (Wildman–Crippen LogP) is 3.39. The van der Waals surface area contributed by atoms with E-state index < -0.39 is 0 Å². The first-order valence-corrected chi connectivity index (χ1v) is 6.18. The third-order valence-electron chi connectivity index (χ3n) is 2.76. The molecule has 0 unspecified atom stereocenters. The zero-order valence-corrected chi connectivity index (χ0v) is 11.2. The van der Waals surface area contributed by atoms with E-state index in [1.807, 2.05) is 13.8 Å². The lowest BCUT2D eigenvalue weighted by Crippen LogP contribution is -2.10. The standard InChI is InChI=1S/C14H23FN2/c1-8(2)5-10-7-12(16)13(15)11(14(10)17)6-9(3)4/h7-9H,5-6,16-17H2,1-4H3. The maximum atomic E-state index is 13.9. The van der Waals surface area contributed by atoms with E-state index in [4.69, 9.17) is 11.5 Å². The van der Waals surface area contributed by atoms with E-state index in [0.29, 0.717) is 29.5 Å². The van der Waals surface area contributed by atoms with E-state index >= 15 is 0 Å². The number of hydrogen-bond acceptors (Lipinski definition) is 2. The van der Waals surface area contributed by atoms with E-state index in [0.717, 1.165) is 12.0 Å². The third-order valence-corrected chi connectivity index (χ3v) is 2.76. The summed E-state index contributed by atoms with van der Waals surface area (Å²) in [6.45, 7) is 8.32. The normalized spacial score (nSPS) is 11.5. The number of benzene rings is 1. The molecule has 0 saturated heterocycles. The molecule has 96 valence electrons. The van der Waals surface area contributed by atoms with Crippen LogP contribution in [0.15, 0.2) is 6.07 Å². The van der Waals surface area contributed by atoms with Gasteiger partial charge in [-0.1, -0.05) is 27.7 Å². The van der Waals surface area contributed by atoms with Gasteiger partial charge < -0.3 is 11.5 Å². The Balaban J connectivity index is 3.22. The van der Waals surface area contributed by atoms with Gasteiger partial charge in [0.15, 0.2) is 5.82 Å². The van der Waals surface area contributed by atoms with Gasteiger partial charge in [-0.2, -0.15) is 0 Å². The number of nitrogens with two attached hydrogens (primary N) is 2. The molecule has 0 heterocycles. The van der Waals surface area contributed by atoms with Crippen LogP contribution in [-0.2, 0) is 12.8 Å². The van der Waals surface area contributed by atoms with Crippen LogP contribution in [0, 0.1) is 17.7 Å². The number of anilines is 2. The van der Waals surface area contributed by atoms with Crippen LogP contribution in [0.1, 0.15) is 38.8 Å². The molecule has 0 amide bonds. The number of halogens is 1. The van der Waals surface area contributed by atoms with Crippen molar-refractivity contribution in [2.75, 3.05) is 11.5 Å². The van der Waals surface area contributed by atoms with Crippen molar-refractivity contribution in [2.24, 2.45) is 11.8 Å². The van der Waals surface area contributed by atoms with Gasteiger partial charge in [-0.25, -0.2) is 4.39 Å².